The number of carboxylic acid groups (broad SMARTS) is 1. The minimum Gasteiger partial charge on any atom is -0.477 e. The summed E-state index contributed by atoms with van der Waals surface area (Å²) in [7, 11) is 0. The first-order chi connectivity index (χ1) is 17.0. The molecular weight excluding hydrogens is 446 g/mol. The lowest BCUT2D eigenvalue weighted by atomic mass is 10.0. The Kier molecular flexibility index (Phi) is 7.62. The lowest BCUT2D eigenvalue weighted by Gasteiger charge is -2.33. The number of amides is 1. The smallest absolute Gasteiger partial charge is 0.341 e. The summed E-state index contributed by atoms with van der Waals surface area (Å²) in [4.78, 5) is 30.1. The number of piperidine rings is 1. The number of anilines is 1. The molecule has 8 heteroatoms. The number of rotatable bonds is 8. The number of aromatic nitrogens is 1. The average molecular weight is 474 g/mol. The Morgan fingerprint density at radius 1 is 1.00 bits per heavy atom. The van der Waals surface area contributed by atoms with Crippen molar-refractivity contribution in [2.75, 3.05) is 18.0 Å². The molecule has 8 nitrogen and oxygen atoms in total. The molecule has 1 aliphatic heterocycles. The number of allylic oxidation sites excluding steroid dienone is 1. The molecular formula is C27H27N3O5. The summed E-state index contributed by atoms with van der Waals surface area (Å²) in [6.07, 6.45) is 6.37. The highest BCUT2D eigenvalue weighted by molar-refractivity contribution is 5.91. The van der Waals surface area contributed by atoms with Crippen LogP contribution in [0.2, 0.25) is 0 Å². The highest BCUT2D eigenvalue weighted by Gasteiger charge is 2.23. The van der Waals surface area contributed by atoms with Crippen LogP contribution in [0.1, 0.15) is 30.1 Å². The fourth-order valence-corrected chi connectivity index (χ4v) is 3.84. The Bertz CT molecular complexity index is 1190. The van der Waals surface area contributed by atoms with Crippen molar-refractivity contribution in [1.29, 1.82) is 0 Å². The van der Waals surface area contributed by atoms with Gasteiger partial charge in [-0.15, -0.1) is 0 Å². The SMILES string of the molecule is C/C=C/C(=O)NC1CCN(c2cnc(Oc3ccc(Oc4ccccc4)cc3)c(C(=O)O)c2)CC1. The first kappa shape index (κ1) is 23.8. The van der Waals surface area contributed by atoms with Gasteiger partial charge in [0.25, 0.3) is 0 Å². The fraction of sp³-hybridized carbons (Fsp3) is 0.222. The molecule has 2 heterocycles. The van der Waals surface area contributed by atoms with Gasteiger partial charge in [-0.1, -0.05) is 24.3 Å². The van der Waals surface area contributed by atoms with Gasteiger partial charge in [-0.05, 0) is 68.3 Å². The molecule has 180 valence electrons. The van der Waals surface area contributed by atoms with E-state index in [1.54, 1.807) is 49.5 Å². The van der Waals surface area contributed by atoms with Gasteiger partial charge in [-0.3, -0.25) is 4.79 Å². The number of carbonyl (C=O) groups is 2. The minimum absolute atomic E-state index is 0.0179. The summed E-state index contributed by atoms with van der Waals surface area (Å²) in [5.74, 6) is 0.609. The largest absolute Gasteiger partial charge is 0.477 e. The van der Waals surface area contributed by atoms with Crippen LogP contribution in [0.25, 0.3) is 0 Å². The zero-order valence-electron chi connectivity index (χ0n) is 19.4. The standard InChI is InChI=1S/C27H27N3O5/c1-2-6-25(31)29-19-13-15-30(16-14-19)20-17-24(27(32)33)26(28-18-20)35-23-11-9-22(10-12-23)34-21-7-4-3-5-8-21/h2-12,17-19H,13-16H2,1H3,(H,29,31)(H,32,33)/b6-2+. The Labute approximate surface area is 203 Å². The monoisotopic (exact) mass is 473 g/mol. The highest BCUT2D eigenvalue weighted by Crippen LogP contribution is 2.30. The fourth-order valence-electron chi connectivity index (χ4n) is 3.84. The molecule has 1 fully saturated rings. The van der Waals surface area contributed by atoms with Gasteiger partial charge in [0.05, 0.1) is 11.9 Å². The number of carbonyl (C=O) groups excluding carboxylic acids is 1. The zero-order chi connectivity index (χ0) is 24.6. The minimum atomic E-state index is -1.12. The van der Waals surface area contributed by atoms with Crippen molar-refractivity contribution in [2.45, 2.75) is 25.8 Å². The normalized spacial score (nSPS) is 14.0. The summed E-state index contributed by atoms with van der Waals surface area (Å²) < 4.78 is 11.6. The summed E-state index contributed by atoms with van der Waals surface area (Å²) in [5.41, 5.74) is 0.690. The molecule has 0 radical (unpaired) electrons. The molecule has 0 atom stereocenters. The highest BCUT2D eigenvalue weighted by atomic mass is 16.5. The van der Waals surface area contributed by atoms with E-state index in [1.165, 1.54) is 6.08 Å². The predicted molar refractivity (Wildman–Crippen MR) is 132 cm³/mol. The van der Waals surface area contributed by atoms with Crippen LogP contribution in [0.15, 0.2) is 79.0 Å². The molecule has 1 aromatic heterocycles. The molecule has 1 saturated heterocycles. The maximum Gasteiger partial charge on any atom is 0.341 e. The maximum atomic E-state index is 11.9. The Morgan fingerprint density at radius 3 is 2.26 bits per heavy atom. The molecule has 0 saturated carbocycles. The molecule has 1 aliphatic rings. The first-order valence-electron chi connectivity index (χ1n) is 11.4. The van der Waals surface area contributed by atoms with Crippen LogP contribution in [0.3, 0.4) is 0 Å². The molecule has 2 aromatic carbocycles. The number of ether oxygens (including phenoxy) is 2. The van der Waals surface area contributed by atoms with Crippen molar-refractivity contribution in [1.82, 2.24) is 10.3 Å². The third-order valence-electron chi connectivity index (χ3n) is 5.61. The second kappa shape index (κ2) is 11.2. The van der Waals surface area contributed by atoms with Crippen LogP contribution in [-0.2, 0) is 4.79 Å². The van der Waals surface area contributed by atoms with Crippen molar-refractivity contribution in [3.8, 4) is 23.1 Å². The van der Waals surface area contributed by atoms with E-state index in [2.05, 4.69) is 15.2 Å². The number of hydrogen-bond donors (Lipinski definition) is 2. The maximum absolute atomic E-state index is 11.9. The number of nitrogens with one attached hydrogen (secondary N) is 1. The number of aromatic carboxylic acids is 1. The van der Waals surface area contributed by atoms with Crippen LogP contribution in [0.4, 0.5) is 5.69 Å². The number of para-hydroxylation sites is 1. The van der Waals surface area contributed by atoms with E-state index in [9.17, 15) is 14.7 Å². The second-order valence-corrected chi connectivity index (χ2v) is 8.11. The van der Waals surface area contributed by atoms with Crippen molar-refractivity contribution in [2.24, 2.45) is 0 Å². The van der Waals surface area contributed by atoms with Gasteiger partial charge >= 0.3 is 5.97 Å². The van der Waals surface area contributed by atoms with Crippen LogP contribution in [0.5, 0.6) is 23.1 Å². The Morgan fingerprint density at radius 2 is 1.63 bits per heavy atom. The summed E-state index contributed by atoms with van der Waals surface area (Å²) >= 11 is 0. The number of hydrogen-bond acceptors (Lipinski definition) is 6. The van der Waals surface area contributed by atoms with Crippen molar-refractivity contribution < 1.29 is 24.2 Å². The number of carboxylic acids is 1. The molecule has 0 bridgehead atoms. The Balaban J connectivity index is 1.41. The second-order valence-electron chi connectivity index (χ2n) is 8.11. The molecule has 35 heavy (non-hydrogen) atoms. The van der Waals surface area contributed by atoms with Gasteiger partial charge in [0.1, 0.15) is 22.8 Å². The number of benzene rings is 2. The van der Waals surface area contributed by atoms with Crippen molar-refractivity contribution >= 4 is 17.6 Å². The van der Waals surface area contributed by atoms with Gasteiger partial charge in [0.2, 0.25) is 11.8 Å². The zero-order valence-corrected chi connectivity index (χ0v) is 19.4. The lowest BCUT2D eigenvalue weighted by molar-refractivity contribution is -0.117. The lowest BCUT2D eigenvalue weighted by Crippen LogP contribution is -2.44. The number of pyridine rings is 1. The van der Waals surface area contributed by atoms with E-state index < -0.39 is 5.97 Å². The van der Waals surface area contributed by atoms with E-state index in [-0.39, 0.29) is 23.4 Å². The summed E-state index contributed by atoms with van der Waals surface area (Å²) in [6, 6.07) is 18.0. The molecule has 1 amide bonds. The van der Waals surface area contributed by atoms with Gasteiger partial charge in [0.15, 0.2) is 0 Å². The van der Waals surface area contributed by atoms with E-state index in [1.807, 2.05) is 30.3 Å². The third-order valence-corrected chi connectivity index (χ3v) is 5.61. The average Bonchev–Trinajstić information content (AvgIpc) is 2.87. The van der Waals surface area contributed by atoms with Gasteiger partial charge in [0, 0.05) is 19.1 Å². The van der Waals surface area contributed by atoms with Gasteiger partial charge < -0.3 is 24.8 Å². The Hall–Kier alpha value is -4.33. The summed E-state index contributed by atoms with van der Waals surface area (Å²) in [5, 5.41) is 12.7. The quantitative estimate of drug-likeness (QED) is 0.443. The summed E-state index contributed by atoms with van der Waals surface area (Å²) in [6.45, 7) is 3.17. The van der Waals surface area contributed by atoms with Crippen LogP contribution >= 0.6 is 0 Å². The first-order valence-corrected chi connectivity index (χ1v) is 11.4. The predicted octanol–water partition coefficient (Wildman–Crippen LogP) is 5.03. The van der Waals surface area contributed by atoms with E-state index in [0.29, 0.717) is 30.3 Å². The van der Waals surface area contributed by atoms with Crippen molar-refractivity contribution in [3.05, 3.63) is 84.6 Å². The van der Waals surface area contributed by atoms with E-state index in [0.717, 1.165) is 18.6 Å². The van der Waals surface area contributed by atoms with Crippen molar-refractivity contribution in [3.63, 3.8) is 0 Å². The number of nitrogens with zero attached hydrogens (tertiary/aromatic N) is 2. The van der Waals surface area contributed by atoms with Gasteiger partial charge in [-0.2, -0.15) is 0 Å². The molecule has 0 unspecified atom stereocenters. The van der Waals surface area contributed by atoms with E-state index in [4.69, 9.17) is 9.47 Å². The molecule has 2 N–H and O–H groups in total. The molecule has 3 aromatic rings. The third kappa shape index (κ3) is 6.38. The molecule has 0 aliphatic carbocycles. The topological polar surface area (TPSA) is 101 Å². The van der Waals surface area contributed by atoms with Crippen LogP contribution in [-0.4, -0.2) is 41.1 Å². The van der Waals surface area contributed by atoms with Crippen LogP contribution in [0, 0.1) is 0 Å². The molecule has 0 spiro atoms. The van der Waals surface area contributed by atoms with E-state index >= 15 is 0 Å². The molecule has 4 rings (SSSR count). The van der Waals surface area contributed by atoms with Gasteiger partial charge in [-0.25, -0.2) is 9.78 Å². The van der Waals surface area contributed by atoms with Crippen LogP contribution < -0.4 is 19.7 Å².